The van der Waals surface area contributed by atoms with Gasteiger partial charge in [0, 0.05) is 43.7 Å². The van der Waals surface area contributed by atoms with Gasteiger partial charge < -0.3 is 15.5 Å². The third kappa shape index (κ3) is 2.86. The van der Waals surface area contributed by atoms with Crippen LogP contribution in [0.1, 0.15) is 5.56 Å². The van der Waals surface area contributed by atoms with Crippen molar-refractivity contribution in [2.45, 2.75) is 0 Å². The maximum Gasteiger partial charge on any atom is 0.136 e. The van der Waals surface area contributed by atoms with Gasteiger partial charge in [-0.2, -0.15) is 0 Å². The molecule has 130 valence electrons. The fourth-order valence-electron chi connectivity index (χ4n) is 3.07. The Bertz CT molecular complexity index is 948. The van der Waals surface area contributed by atoms with E-state index in [9.17, 15) is 0 Å². The summed E-state index contributed by atoms with van der Waals surface area (Å²) in [6, 6.07) is 12.3. The van der Waals surface area contributed by atoms with E-state index in [1.165, 1.54) is 0 Å². The molecule has 1 aromatic carbocycles. The molecule has 4 rings (SSSR count). The van der Waals surface area contributed by atoms with Crippen LogP contribution in [0, 0.1) is 0 Å². The molecule has 0 aliphatic carbocycles. The number of benzene rings is 1. The van der Waals surface area contributed by atoms with Gasteiger partial charge in [-0.25, -0.2) is 15.0 Å². The molecular weight excluding hydrogens is 324 g/mol. The molecule has 0 saturated heterocycles. The Kier molecular flexibility index (Phi) is 4.01. The molecular formula is C20H20N6. The Labute approximate surface area is 152 Å². The van der Waals surface area contributed by atoms with Gasteiger partial charge in [0.05, 0.1) is 11.4 Å². The van der Waals surface area contributed by atoms with Crippen molar-refractivity contribution in [3.63, 3.8) is 0 Å². The Balaban J connectivity index is 1.80. The Morgan fingerprint density at radius 3 is 2.62 bits per heavy atom. The number of hydrogen-bond acceptors (Lipinski definition) is 6. The summed E-state index contributed by atoms with van der Waals surface area (Å²) >= 11 is 0. The summed E-state index contributed by atoms with van der Waals surface area (Å²) in [5.41, 5.74) is 11.2. The zero-order valence-corrected chi connectivity index (χ0v) is 14.8. The molecule has 0 spiro atoms. The molecule has 1 aliphatic heterocycles. The van der Waals surface area contributed by atoms with Crippen LogP contribution >= 0.6 is 0 Å². The van der Waals surface area contributed by atoms with Gasteiger partial charge in [-0.15, -0.1) is 0 Å². The van der Waals surface area contributed by atoms with Crippen molar-refractivity contribution in [2.75, 3.05) is 36.2 Å². The van der Waals surface area contributed by atoms with Crippen molar-refractivity contribution in [2.24, 2.45) is 0 Å². The molecule has 0 radical (unpaired) electrons. The normalized spacial score (nSPS) is 12.8. The summed E-state index contributed by atoms with van der Waals surface area (Å²) in [7, 11) is 4.05. The van der Waals surface area contributed by atoms with Crippen molar-refractivity contribution in [3.05, 3.63) is 60.6 Å². The SMILES string of the molecule is CN(C)c1ccc(-c2cc3c(c(N)n2)C=CCN3c2ccncn2)cc1. The lowest BCUT2D eigenvalue weighted by molar-refractivity contribution is 1.01. The molecule has 0 saturated carbocycles. The average Bonchev–Trinajstić information content (AvgIpc) is 2.68. The molecule has 6 heteroatoms. The summed E-state index contributed by atoms with van der Waals surface area (Å²) in [5.74, 6) is 1.36. The standard InChI is InChI=1S/C20H20N6/c1-25(2)15-7-5-14(6-8-15)17-12-18-16(20(21)24-17)4-3-11-26(18)19-9-10-22-13-23-19/h3-10,12-13H,11H2,1-2H3,(H2,21,24). The number of rotatable bonds is 3. The number of aromatic nitrogens is 3. The largest absolute Gasteiger partial charge is 0.383 e. The first kappa shape index (κ1) is 16.1. The molecule has 2 N–H and O–H groups in total. The monoisotopic (exact) mass is 344 g/mol. The number of pyridine rings is 1. The zero-order chi connectivity index (χ0) is 18.1. The van der Waals surface area contributed by atoms with Crippen LogP contribution in [0.5, 0.6) is 0 Å². The van der Waals surface area contributed by atoms with E-state index in [-0.39, 0.29) is 0 Å². The van der Waals surface area contributed by atoms with Gasteiger partial charge in [0.25, 0.3) is 0 Å². The van der Waals surface area contributed by atoms with Gasteiger partial charge in [-0.3, -0.25) is 0 Å². The maximum atomic E-state index is 6.27. The number of anilines is 4. The van der Waals surface area contributed by atoms with Gasteiger partial charge in [-0.1, -0.05) is 24.3 Å². The van der Waals surface area contributed by atoms with Crippen LogP contribution in [0.15, 0.2) is 55.0 Å². The van der Waals surface area contributed by atoms with E-state index in [0.717, 1.165) is 40.6 Å². The van der Waals surface area contributed by atoms with Crippen LogP contribution < -0.4 is 15.5 Å². The number of nitrogens with zero attached hydrogens (tertiary/aromatic N) is 5. The molecule has 1 aliphatic rings. The van der Waals surface area contributed by atoms with Crippen LogP contribution in [0.25, 0.3) is 17.3 Å². The van der Waals surface area contributed by atoms with E-state index >= 15 is 0 Å². The quantitative estimate of drug-likeness (QED) is 0.786. The summed E-state index contributed by atoms with van der Waals surface area (Å²) in [6.45, 7) is 0.729. The van der Waals surface area contributed by atoms with E-state index in [4.69, 9.17) is 5.73 Å². The predicted molar refractivity (Wildman–Crippen MR) is 106 cm³/mol. The van der Waals surface area contributed by atoms with Crippen molar-refractivity contribution in [1.82, 2.24) is 15.0 Å². The number of nitrogen functional groups attached to an aromatic ring is 1. The first-order valence-electron chi connectivity index (χ1n) is 8.42. The summed E-state index contributed by atoms with van der Waals surface area (Å²) in [5, 5.41) is 0. The van der Waals surface area contributed by atoms with E-state index in [1.807, 2.05) is 26.2 Å². The molecule has 6 nitrogen and oxygen atoms in total. The van der Waals surface area contributed by atoms with Gasteiger partial charge in [0.2, 0.25) is 0 Å². The zero-order valence-electron chi connectivity index (χ0n) is 14.8. The van der Waals surface area contributed by atoms with Crippen molar-refractivity contribution < 1.29 is 0 Å². The summed E-state index contributed by atoms with van der Waals surface area (Å²) in [4.78, 5) is 17.2. The molecule has 0 unspecified atom stereocenters. The Morgan fingerprint density at radius 2 is 1.92 bits per heavy atom. The lowest BCUT2D eigenvalue weighted by Crippen LogP contribution is -2.22. The molecule has 3 aromatic rings. The predicted octanol–water partition coefficient (Wildman–Crippen LogP) is 3.35. The van der Waals surface area contributed by atoms with Gasteiger partial charge in [0.15, 0.2) is 0 Å². The van der Waals surface area contributed by atoms with Crippen LogP contribution in [0.4, 0.5) is 23.0 Å². The minimum absolute atomic E-state index is 0.518. The minimum atomic E-state index is 0.518. The number of nitrogens with two attached hydrogens (primary N) is 1. The van der Waals surface area contributed by atoms with Crippen molar-refractivity contribution in [3.8, 4) is 11.3 Å². The van der Waals surface area contributed by atoms with Crippen molar-refractivity contribution >= 4 is 29.1 Å². The highest BCUT2D eigenvalue weighted by molar-refractivity contribution is 5.85. The van der Waals surface area contributed by atoms with E-state index in [2.05, 4.69) is 61.2 Å². The highest BCUT2D eigenvalue weighted by Crippen LogP contribution is 2.36. The lowest BCUT2D eigenvalue weighted by Gasteiger charge is -2.28. The molecule has 0 fully saturated rings. The van der Waals surface area contributed by atoms with Crippen LogP contribution in [-0.2, 0) is 0 Å². The van der Waals surface area contributed by atoms with Gasteiger partial charge in [0.1, 0.15) is 18.0 Å². The van der Waals surface area contributed by atoms with Crippen LogP contribution in [-0.4, -0.2) is 35.6 Å². The minimum Gasteiger partial charge on any atom is -0.383 e. The highest BCUT2D eigenvalue weighted by Gasteiger charge is 2.20. The molecule has 0 amide bonds. The smallest absolute Gasteiger partial charge is 0.136 e. The van der Waals surface area contributed by atoms with Crippen molar-refractivity contribution in [1.29, 1.82) is 0 Å². The fourth-order valence-corrected chi connectivity index (χ4v) is 3.07. The second kappa shape index (κ2) is 6.48. The van der Waals surface area contributed by atoms with Crippen LogP contribution in [0.3, 0.4) is 0 Å². The average molecular weight is 344 g/mol. The second-order valence-electron chi connectivity index (χ2n) is 6.35. The fraction of sp³-hybridized carbons (Fsp3) is 0.150. The second-order valence-corrected chi connectivity index (χ2v) is 6.35. The first-order valence-corrected chi connectivity index (χ1v) is 8.42. The molecule has 26 heavy (non-hydrogen) atoms. The topological polar surface area (TPSA) is 71.2 Å². The third-order valence-electron chi connectivity index (χ3n) is 4.45. The van der Waals surface area contributed by atoms with Gasteiger partial charge >= 0.3 is 0 Å². The highest BCUT2D eigenvalue weighted by atomic mass is 15.2. The number of hydrogen-bond donors (Lipinski definition) is 1. The van der Waals surface area contributed by atoms with E-state index < -0.39 is 0 Å². The molecule has 0 bridgehead atoms. The van der Waals surface area contributed by atoms with Crippen LogP contribution in [0.2, 0.25) is 0 Å². The summed E-state index contributed by atoms with van der Waals surface area (Å²) < 4.78 is 0. The maximum absolute atomic E-state index is 6.27. The Morgan fingerprint density at radius 1 is 1.12 bits per heavy atom. The number of fused-ring (bicyclic) bond motifs is 1. The Hall–Kier alpha value is -3.41. The van der Waals surface area contributed by atoms with E-state index in [1.54, 1.807) is 12.5 Å². The summed E-state index contributed by atoms with van der Waals surface area (Å²) in [6.07, 6.45) is 7.38. The van der Waals surface area contributed by atoms with Gasteiger partial charge in [-0.05, 0) is 24.3 Å². The molecule has 3 heterocycles. The first-order chi connectivity index (χ1) is 12.6. The van der Waals surface area contributed by atoms with E-state index in [0.29, 0.717) is 5.82 Å². The molecule has 0 atom stereocenters. The third-order valence-corrected chi connectivity index (χ3v) is 4.45. The molecule has 2 aromatic heterocycles. The lowest BCUT2D eigenvalue weighted by atomic mass is 10.0.